The monoisotopic (exact) mass is 355 g/mol. The molecule has 1 heterocycles. The second-order valence-electron chi connectivity index (χ2n) is 4.50. The van der Waals surface area contributed by atoms with Crippen LogP contribution in [0.15, 0.2) is 16.6 Å². The highest BCUT2D eigenvalue weighted by atomic mass is 79.9. The number of halogens is 1. The zero-order chi connectivity index (χ0) is 15.2. The van der Waals surface area contributed by atoms with Crippen LogP contribution in [0.2, 0.25) is 0 Å². The Morgan fingerprint density at radius 2 is 2.10 bits per heavy atom. The summed E-state index contributed by atoms with van der Waals surface area (Å²) in [6.45, 7) is 4.16. The maximum absolute atomic E-state index is 5.99. The summed E-state index contributed by atoms with van der Waals surface area (Å²) >= 11 is 3.44. The van der Waals surface area contributed by atoms with Gasteiger partial charge in [-0.25, -0.2) is 4.68 Å². The molecular weight excluding hydrogens is 338 g/mol. The minimum absolute atomic E-state index is 0.518. The first-order chi connectivity index (χ1) is 10.1. The number of rotatable bonds is 7. The zero-order valence-electron chi connectivity index (χ0n) is 12.0. The van der Waals surface area contributed by atoms with Crippen molar-refractivity contribution in [1.29, 1.82) is 0 Å². The molecule has 1 aromatic carbocycles. The number of nitrogen functional groups attached to an aromatic ring is 1. The predicted molar refractivity (Wildman–Crippen MR) is 82.8 cm³/mol. The van der Waals surface area contributed by atoms with Gasteiger partial charge in [0.25, 0.3) is 0 Å². The van der Waals surface area contributed by atoms with E-state index in [1.54, 1.807) is 11.8 Å². The predicted octanol–water partition coefficient (Wildman–Crippen LogP) is 1.66. The summed E-state index contributed by atoms with van der Waals surface area (Å²) in [6, 6.07) is 3.82. The highest BCUT2D eigenvalue weighted by Crippen LogP contribution is 2.29. The smallest absolute Gasteiger partial charge is 0.182 e. The quantitative estimate of drug-likeness (QED) is 0.600. The van der Waals surface area contributed by atoms with Crippen molar-refractivity contribution in [2.45, 2.75) is 13.5 Å². The van der Waals surface area contributed by atoms with Gasteiger partial charge in [0, 0.05) is 22.8 Å². The summed E-state index contributed by atoms with van der Waals surface area (Å²) in [7, 11) is 1.64. The van der Waals surface area contributed by atoms with E-state index < -0.39 is 0 Å². The van der Waals surface area contributed by atoms with Gasteiger partial charge in [-0.05, 0) is 35.0 Å². The van der Waals surface area contributed by atoms with E-state index in [0.717, 1.165) is 15.6 Å². The second-order valence-corrected chi connectivity index (χ2v) is 5.41. The van der Waals surface area contributed by atoms with Crippen LogP contribution in [0, 0.1) is 6.92 Å². The van der Waals surface area contributed by atoms with Crippen molar-refractivity contribution >= 4 is 21.6 Å². The number of tetrazole rings is 1. The summed E-state index contributed by atoms with van der Waals surface area (Å²) in [6.07, 6.45) is 0. The molecule has 0 saturated heterocycles. The Morgan fingerprint density at radius 1 is 1.29 bits per heavy atom. The molecule has 0 aliphatic carbocycles. The van der Waals surface area contributed by atoms with Gasteiger partial charge in [0.15, 0.2) is 5.82 Å². The summed E-state index contributed by atoms with van der Waals surface area (Å²) in [5.74, 6) is 0.677. The molecule has 8 heteroatoms. The van der Waals surface area contributed by atoms with Crippen LogP contribution in [0.4, 0.5) is 5.69 Å². The van der Waals surface area contributed by atoms with Crippen molar-refractivity contribution < 1.29 is 9.47 Å². The summed E-state index contributed by atoms with van der Waals surface area (Å²) in [4.78, 5) is 0. The first-order valence-corrected chi connectivity index (χ1v) is 7.31. The minimum atomic E-state index is 0.518. The molecule has 0 spiro atoms. The number of hydrogen-bond donors (Lipinski definition) is 1. The SMILES string of the molecule is COCCOCCn1nnnc1-c1cc(Br)cc(N)c1C. The Bertz CT molecular complexity index is 602. The van der Waals surface area contributed by atoms with E-state index in [4.69, 9.17) is 15.2 Å². The van der Waals surface area contributed by atoms with Gasteiger partial charge in [-0.3, -0.25) is 0 Å². The van der Waals surface area contributed by atoms with Crippen LogP contribution in [0.5, 0.6) is 0 Å². The number of methoxy groups -OCH3 is 1. The summed E-state index contributed by atoms with van der Waals surface area (Å²) in [5, 5.41) is 11.8. The van der Waals surface area contributed by atoms with Gasteiger partial charge >= 0.3 is 0 Å². The third-order valence-electron chi connectivity index (χ3n) is 3.06. The molecule has 2 aromatic rings. The van der Waals surface area contributed by atoms with Gasteiger partial charge < -0.3 is 15.2 Å². The van der Waals surface area contributed by atoms with Crippen LogP contribution < -0.4 is 5.73 Å². The molecule has 21 heavy (non-hydrogen) atoms. The van der Waals surface area contributed by atoms with Crippen LogP contribution in [-0.4, -0.2) is 47.1 Å². The topological polar surface area (TPSA) is 88.1 Å². The molecule has 0 bridgehead atoms. The molecule has 0 aliphatic heterocycles. The van der Waals surface area contributed by atoms with E-state index in [9.17, 15) is 0 Å². The van der Waals surface area contributed by atoms with Gasteiger partial charge in [-0.15, -0.1) is 5.10 Å². The van der Waals surface area contributed by atoms with Crippen LogP contribution in [0.1, 0.15) is 5.56 Å². The number of anilines is 1. The van der Waals surface area contributed by atoms with E-state index in [1.165, 1.54) is 0 Å². The molecule has 2 rings (SSSR count). The summed E-state index contributed by atoms with van der Waals surface area (Å²) in [5.41, 5.74) is 8.55. The molecular formula is C13H18BrN5O2. The van der Waals surface area contributed by atoms with Crippen molar-refractivity contribution in [3.05, 3.63) is 22.2 Å². The molecule has 0 amide bonds. The fourth-order valence-electron chi connectivity index (χ4n) is 1.88. The van der Waals surface area contributed by atoms with E-state index in [0.29, 0.717) is 37.9 Å². The Hall–Kier alpha value is -1.51. The standard InChI is InChI=1S/C13H18BrN5O2/c1-9-11(7-10(14)8-12(9)15)13-16-17-18-19(13)3-4-21-6-5-20-2/h7-8H,3-6,15H2,1-2H3. The Morgan fingerprint density at radius 3 is 2.86 bits per heavy atom. The molecule has 1 aromatic heterocycles. The first kappa shape index (κ1) is 15.9. The highest BCUT2D eigenvalue weighted by molar-refractivity contribution is 9.10. The average Bonchev–Trinajstić information content (AvgIpc) is 2.91. The number of hydrogen-bond acceptors (Lipinski definition) is 6. The van der Waals surface area contributed by atoms with Gasteiger partial charge in [-0.2, -0.15) is 0 Å². The molecule has 0 fully saturated rings. The van der Waals surface area contributed by atoms with Gasteiger partial charge in [0.05, 0.1) is 26.4 Å². The molecule has 0 saturated carbocycles. The zero-order valence-corrected chi connectivity index (χ0v) is 13.6. The van der Waals surface area contributed by atoms with E-state index >= 15 is 0 Å². The number of ether oxygens (including phenoxy) is 2. The fraction of sp³-hybridized carbons (Fsp3) is 0.462. The lowest BCUT2D eigenvalue weighted by molar-refractivity contribution is 0.0654. The van der Waals surface area contributed by atoms with Crippen molar-refractivity contribution in [2.75, 3.05) is 32.7 Å². The Kier molecular flexibility index (Phi) is 5.66. The number of benzene rings is 1. The number of aromatic nitrogens is 4. The second kappa shape index (κ2) is 7.48. The number of nitrogens with zero attached hydrogens (tertiary/aromatic N) is 4. The lowest BCUT2D eigenvalue weighted by atomic mass is 10.1. The van der Waals surface area contributed by atoms with Gasteiger partial charge in [0.1, 0.15) is 0 Å². The largest absolute Gasteiger partial charge is 0.398 e. The molecule has 114 valence electrons. The Labute approximate surface area is 131 Å². The lowest BCUT2D eigenvalue weighted by Gasteiger charge is -2.10. The summed E-state index contributed by atoms with van der Waals surface area (Å²) < 4.78 is 13.0. The van der Waals surface area contributed by atoms with Gasteiger partial charge in [0.2, 0.25) is 0 Å². The van der Waals surface area contributed by atoms with Crippen molar-refractivity contribution in [2.24, 2.45) is 0 Å². The van der Waals surface area contributed by atoms with Crippen LogP contribution in [-0.2, 0) is 16.0 Å². The highest BCUT2D eigenvalue weighted by Gasteiger charge is 2.13. The molecule has 2 N–H and O–H groups in total. The van der Waals surface area contributed by atoms with Crippen molar-refractivity contribution in [3.63, 3.8) is 0 Å². The molecule has 7 nitrogen and oxygen atoms in total. The fourth-order valence-corrected chi connectivity index (χ4v) is 2.35. The molecule has 0 unspecified atom stereocenters. The van der Waals surface area contributed by atoms with Crippen molar-refractivity contribution in [1.82, 2.24) is 20.2 Å². The first-order valence-electron chi connectivity index (χ1n) is 6.52. The molecule has 0 radical (unpaired) electrons. The third kappa shape index (κ3) is 3.99. The van der Waals surface area contributed by atoms with Crippen LogP contribution in [0.25, 0.3) is 11.4 Å². The molecule has 0 aliphatic rings. The minimum Gasteiger partial charge on any atom is -0.398 e. The van der Waals surface area contributed by atoms with Crippen LogP contribution >= 0.6 is 15.9 Å². The molecule has 0 atom stereocenters. The van der Waals surface area contributed by atoms with E-state index in [1.807, 2.05) is 19.1 Å². The van der Waals surface area contributed by atoms with E-state index in [2.05, 4.69) is 31.5 Å². The average molecular weight is 356 g/mol. The van der Waals surface area contributed by atoms with E-state index in [-0.39, 0.29) is 0 Å². The maximum Gasteiger partial charge on any atom is 0.182 e. The third-order valence-corrected chi connectivity index (χ3v) is 3.52. The normalized spacial score (nSPS) is 11.0. The van der Waals surface area contributed by atoms with Crippen LogP contribution in [0.3, 0.4) is 0 Å². The van der Waals surface area contributed by atoms with Crippen molar-refractivity contribution in [3.8, 4) is 11.4 Å². The Balaban J connectivity index is 2.13. The number of nitrogens with two attached hydrogens (primary N) is 1. The lowest BCUT2D eigenvalue weighted by Crippen LogP contribution is -2.12. The van der Waals surface area contributed by atoms with Gasteiger partial charge in [-0.1, -0.05) is 15.9 Å². The maximum atomic E-state index is 5.99.